The molecule has 0 atom stereocenters. The SMILES string of the molecule is O=C([O-])CCSCCC(=O)[O-].O=C([O-])CCSCCC(=O)[O-].O=C([O-])CCSCCC(=O)[O-].[Au+3].[Au+3]. The van der Waals surface area contributed by atoms with Crippen LogP contribution < -0.4 is 30.6 Å². The molecule has 0 heterocycles. The van der Waals surface area contributed by atoms with Gasteiger partial charge in [-0.3, -0.25) is 0 Å². The van der Waals surface area contributed by atoms with E-state index < -0.39 is 35.8 Å². The van der Waals surface area contributed by atoms with Crippen molar-refractivity contribution in [2.75, 3.05) is 34.5 Å². The maximum absolute atomic E-state index is 9.84. The van der Waals surface area contributed by atoms with Crippen molar-refractivity contribution in [3.8, 4) is 0 Å². The molecule has 0 amide bonds. The fourth-order valence-electron chi connectivity index (χ4n) is 1.24. The average molecular weight is 923 g/mol. The second-order valence-electron chi connectivity index (χ2n) is 5.57. The molecule has 0 saturated heterocycles. The molecule has 0 spiro atoms. The Bertz CT molecular complexity index is 480. The van der Waals surface area contributed by atoms with Crippen molar-refractivity contribution in [2.24, 2.45) is 0 Å². The molecule has 0 bridgehead atoms. The third kappa shape index (κ3) is 60.1. The molecule has 12 nitrogen and oxygen atoms in total. The predicted octanol–water partition coefficient (Wildman–Crippen LogP) is -6.01. The van der Waals surface area contributed by atoms with Crippen molar-refractivity contribution >= 4 is 71.1 Å². The number of thioether (sulfide) groups is 3. The van der Waals surface area contributed by atoms with Gasteiger partial charge in [-0.2, -0.15) is 35.3 Å². The van der Waals surface area contributed by atoms with Crippen molar-refractivity contribution in [1.29, 1.82) is 0 Å². The van der Waals surface area contributed by atoms with Crippen molar-refractivity contribution in [3.63, 3.8) is 0 Å². The quantitative estimate of drug-likeness (QED) is 0.0919. The molecule has 0 unspecified atom stereocenters. The van der Waals surface area contributed by atoms with Gasteiger partial charge in [-0.15, -0.1) is 0 Å². The molecule has 0 rings (SSSR count). The molecule has 208 valence electrons. The van der Waals surface area contributed by atoms with Crippen LogP contribution in [0.4, 0.5) is 0 Å². The number of hydrogen-bond donors (Lipinski definition) is 0. The predicted molar refractivity (Wildman–Crippen MR) is 110 cm³/mol. The van der Waals surface area contributed by atoms with E-state index in [9.17, 15) is 59.4 Å². The Kier molecular flexibility index (Phi) is 42.3. The van der Waals surface area contributed by atoms with Crippen LogP contribution in [-0.4, -0.2) is 70.3 Å². The summed E-state index contributed by atoms with van der Waals surface area (Å²) in [6.07, 6.45) is -0.180. The van der Waals surface area contributed by atoms with Gasteiger partial charge in [0.1, 0.15) is 0 Å². The van der Waals surface area contributed by atoms with Gasteiger partial charge in [0.15, 0.2) is 0 Å². The number of carbonyl (C=O) groups is 6. The Labute approximate surface area is 246 Å². The average Bonchev–Trinajstić information content (AvgIpc) is 2.67. The van der Waals surface area contributed by atoms with E-state index in [1.165, 1.54) is 35.3 Å². The molecular formula is C18H24Au2O12S3. The number of aliphatic carboxylic acids is 6. The summed E-state index contributed by atoms with van der Waals surface area (Å²) in [7, 11) is 0. The Morgan fingerprint density at radius 1 is 0.343 bits per heavy atom. The van der Waals surface area contributed by atoms with Crippen molar-refractivity contribution in [2.45, 2.75) is 38.5 Å². The zero-order valence-corrected chi connectivity index (χ0v) is 25.0. The Morgan fingerprint density at radius 3 is 0.543 bits per heavy atom. The summed E-state index contributed by atoms with van der Waals surface area (Å²) in [5, 5.41) is 59.1. The van der Waals surface area contributed by atoms with Crippen LogP contribution in [0.5, 0.6) is 0 Å². The summed E-state index contributed by atoms with van der Waals surface area (Å²) in [6.45, 7) is 0. The van der Waals surface area contributed by atoms with E-state index in [4.69, 9.17) is 0 Å². The van der Waals surface area contributed by atoms with E-state index in [1.54, 1.807) is 0 Å². The van der Waals surface area contributed by atoms with E-state index >= 15 is 0 Å². The van der Waals surface area contributed by atoms with Crippen LogP contribution in [0.2, 0.25) is 0 Å². The Hall–Kier alpha value is -0.649. The number of rotatable bonds is 18. The summed E-state index contributed by atoms with van der Waals surface area (Å²) in [5.74, 6) is -4.24. The second-order valence-corrected chi connectivity index (χ2v) is 9.24. The molecule has 0 aliphatic heterocycles. The normalized spacial score (nSPS) is 8.91. The zero-order valence-electron chi connectivity index (χ0n) is 18.2. The Morgan fingerprint density at radius 2 is 0.457 bits per heavy atom. The topological polar surface area (TPSA) is 241 Å². The molecule has 0 radical (unpaired) electrons. The van der Waals surface area contributed by atoms with Crippen LogP contribution in [0.15, 0.2) is 0 Å². The number of carboxylic acids is 6. The van der Waals surface area contributed by atoms with E-state index in [-0.39, 0.29) is 83.3 Å². The molecule has 35 heavy (non-hydrogen) atoms. The van der Waals surface area contributed by atoms with Gasteiger partial charge in [0, 0.05) is 35.8 Å². The van der Waals surface area contributed by atoms with Crippen LogP contribution in [-0.2, 0) is 73.5 Å². The second kappa shape index (κ2) is 33.4. The molecule has 0 aliphatic rings. The minimum absolute atomic E-state index is 0. The summed E-state index contributed by atoms with van der Waals surface area (Å²) < 4.78 is 0. The third-order valence-electron chi connectivity index (χ3n) is 2.70. The summed E-state index contributed by atoms with van der Waals surface area (Å²) >= 11 is 3.80. The Balaban J connectivity index is -0.000000125. The fraction of sp³-hybridized carbons (Fsp3) is 0.667. The number of carboxylic acid groups (broad SMARTS) is 6. The van der Waals surface area contributed by atoms with E-state index in [0.717, 1.165) is 0 Å². The van der Waals surface area contributed by atoms with Crippen molar-refractivity contribution < 1.29 is 104 Å². The first kappa shape index (κ1) is 44.4. The molecule has 17 heteroatoms. The molecular weight excluding hydrogens is 898 g/mol. The van der Waals surface area contributed by atoms with Crippen LogP contribution in [0.3, 0.4) is 0 Å². The number of hydrogen-bond acceptors (Lipinski definition) is 15. The standard InChI is InChI=1S/3C6H10O4S.2Au/c3*7-5(8)1-3-11-4-2-6(9)10;;/h3*1-4H2,(H,7,8)(H,9,10);;/q;;;2*+3/p-6. The van der Waals surface area contributed by atoms with Gasteiger partial charge in [0.05, 0.1) is 0 Å². The van der Waals surface area contributed by atoms with E-state index in [0.29, 0.717) is 34.5 Å². The van der Waals surface area contributed by atoms with Crippen LogP contribution in [0, 0.1) is 0 Å². The first-order valence-electron chi connectivity index (χ1n) is 9.30. The molecule has 0 aliphatic carbocycles. The minimum atomic E-state index is -1.11. The zero-order chi connectivity index (χ0) is 26.1. The van der Waals surface area contributed by atoms with Gasteiger partial charge in [-0.05, 0) is 73.0 Å². The van der Waals surface area contributed by atoms with Gasteiger partial charge in [0.25, 0.3) is 0 Å². The summed E-state index contributed by atoms with van der Waals surface area (Å²) in [4.78, 5) is 59.1. The maximum Gasteiger partial charge on any atom is 3.00 e. The van der Waals surface area contributed by atoms with E-state index in [2.05, 4.69) is 0 Å². The first-order valence-corrected chi connectivity index (χ1v) is 12.8. The number of carbonyl (C=O) groups excluding carboxylic acids is 6. The van der Waals surface area contributed by atoms with Crippen LogP contribution in [0.1, 0.15) is 38.5 Å². The molecule has 0 fully saturated rings. The smallest absolute Gasteiger partial charge is 0.550 e. The summed E-state index contributed by atoms with van der Waals surface area (Å²) in [6, 6.07) is 0. The first-order chi connectivity index (χ1) is 15.4. The fourth-order valence-corrected chi connectivity index (χ4v) is 3.72. The van der Waals surface area contributed by atoms with E-state index in [1.807, 2.05) is 0 Å². The molecule has 0 aromatic heterocycles. The third-order valence-corrected chi connectivity index (χ3v) is 5.66. The molecule has 0 aromatic carbocycles. The van der Waals surface area contributed by atoms with Crippen LogP contribution >= 0.6 is 35.3 Å². The van der Waals surface area contributed by atoms with Gasteiger partial charge in [0.2, 0.25) is 0 Å². The molecule has 0 N–H and O–H groups in total. The van der Waals surface area contributed by atoms with Gasteiger partial charge in [-0.25, -0.2) is 0 Å². The van der Waals surface area contributed by atoms with Gasteiger partial charge in [-0.1, -0.05) is 0 Å². The van der Waals surface area contributed by atoms with Crippen molar-refractivity contribution in [3.05, 3.63) is 0 Å². The van der Waals surface area contributed by atoms with Gasteiger partial charge < -0.3 is 59.4 Å². The van der Waals surface area contributed by atoms with Crippen molar-refractivity contribution in [1.82, 2.24) is 0 Å². The largest absolute Gasteiger partial charge is 3.00 e. The molecule has 0 aromatic rings. The maximum atomic E-state index is 9.84. The monoisotopic (exact) mass is 922 g/mol. The minimum Gasteiger partial charge on any atom is -0.550 e. The van der Waals surface area contributed by atoms with Crippen LogP contribution in [0.25, 0.3) is 0 Å². The molecule has 0 saturated carbocycles. The summed E-state index contributed by atoms with van der Waals surface area (Å²) in [5.41, 5.74) is 0. The van der Waals surface area contributed by atoms with Gasteiger partial charge >= 0.3 is 44.8 Å².